The average molecular weight is 262 g/mol. The van der Waals surface area contributed by atoms with Gasteiger partial charge in [0.05, 0.1) is 0 Å². The number of nitrogens with zero attached hydrogens (tertiary/aromatic N) is 2. The lowest BCUT2D eigenvalue weighted by atomic mass is 10.3. The lowest BCUT2D eigenvalue weighted by molar-refractivity contribution is 0.0690. The molecular formula is C13H14N2O4. The number of ether oxygens (including phenoxy) is 1. The van der Waals surface area contributed by atoms with Gasteiger partial charge in [0.2, 0.25) is 0 Å². The lowest BCUT2D eigenvalue weighted by Crippen LogP contribution is -2.05. The molecule has 0 saturated carbocycles. The fourth-order valence-corrected chi connectivity index (χ4v) is 1.64. The minimum absolute atomic E-state index is 0.00570. The molecule has 1 aromatic heterocycles. The van der Waals surface area contributed by atoms with Crippen LogP contribution in [0.3, 0.4) is 0 Å². The minimum Gasteiger partial charge on any atom is -0.508 e. The number of rotatable bonds is 5. The normalized spacial score (nSPS) is 10.4. The van der Waals surface area contributed by atoms with Gasteiger partial charge in [-0.2, -0.15) is 0 Å². The number of benzene rings is 1. The quantitative estimate of drug-likeness (QED) is 0.859. The predicted octanol–water partition coefficient (Wildman–Crippen LogP) is 1.89. The van der Waals surface area contributed by atoms with Gasteiger partial charge in [-0.15, -0.1) is 0 Å². The fourth-order valence-electron chi connectivity index (χ4n) is 1.64. The van der Waals surface area contributed by atoms with Gasteiger partial charge in [0.15, 0.2) is 5.69 Å². The van der Waals surface area contributed by atoms with Crippen LogP contribution in [-0.4, -0.2) is 25.7 Å². The molecular weight excluding hydrogens is 248 g/mol. The van der Waals surface area contributed by atoms with E-state index in [1.807, 2.05) is 6.92 Å². The van der Waals surface area contributed by atoms with E-state index in [1.54, 1.807) is 16.7 Å². The van der Waals surface area contributed by atoms with Gasteiger partial charge in [-0.3, -0.25) is 0 Å². The van der Waals surface area contributed by atoms with Crippen molar-refractivity contribution >= 4 is 5.97 Å². The molecule has 100 valence electrons. The Bertz CT molecular complexity index is 575. The van der Waals surface area contributed by atoms with Gasteiger partial charge in [0.25, 0.3) is 0 Å². The highest BCUT2D eigenvalue weighted by molar-refractivity contribution is 5.85. The second-order valence-electron chi connectivity index (χ2n) is 3.92. The highest BCUT2D eigenvalue weighted by atomic mass is 16.5. The molecule has 0 fully saturated rings. The van der Waals surface area contributed by atoms with E-state index in [1.165, 1.54) is 18.3 Å². The summed E-state index contributed by atoms with van der Waals surface area (Å²) < 4.78 is 7.22. The number of hydrogen-bond donors (Lipinski definition) is 2. The Hall–Kier alpha value is -2.50. The number of carbonyl (C=O) groups is 1. The predicted molar refractivity (Wildman–Crippen MR) is 67.3 cm³/mol. The van der Waals surface area contributed by atoms with E-state index in [2.05, 4.69) is 4.98 Å². The molecule has 0 aliphatic rings. The minimum atomic E-state index is -1.06. The van der Waals surface area contributed by atoms with E-state index in [0.29, 0.717) is 18.1 Å². The van der Waals surface area contributed by atoms with Crippen molar-refractivity contribution in [3.8, 4) is 11.5 Å². The third-order valence-corrected chi connectivity index (χ3v) is 2.62. The molecule has 6 nitrogen and oxygen atoms in total. The van der Waals surface area contributed by atoms with Crippen molar-refractivity contribution in [2.75, 3.05) is 0 Å². The van der Waals surface area contributed by atoms with Crippen LogP contribution < -0.4 is 4.74 Å². The molecule has 19 heavy (non-hydrogen) atoms. The molecule has 0 saturated heterocycles. The zero-order chi connectivity index (χ0) is 13.8. The van der Waals surface area contributed by atoms with Crippen molar-refractivity contribution in [1.82, 2.24) is 9.55 Å². The van der Waals surface area contributed by atoms with Crippen molar-refractivity contribution in [3.05, 3.63) is 42.0 Å². The third-order valence-electron chi connectivity index (χ3n) is 2.62. The van der Waals surface area contributed by atoms with E-state index in [9.17, 15) is 4.79 Å². The largest absolute Gasteiger partial charge is 0.508 e. The van der Waals surface area contributed by atoms with Crippen molar-refractivity contribution < 1.29 is 19.7 Å². The first-order valence-corrected chi connectivity index (χ1v) is 5.81. The number of aromatic nitrogens is 2. The molecule has 0 bridgehead atoms. The van der Waals surface area contributed by atoms with Crippen molar-refractivity contribution in [2.24, 2.45) is 0 Å². The first-order valence-electron chi connectivity index (χ1n) is 5.81. The number of phenols is 1. The number of carboxylic acid groups (broad SMARTS) is 1. The molecule has 0 unspecified atom stereocenters. The first-order chi connectivity index (χ1) is 9.10. The monoisotopic (exact) mass is 262 g/mol. The summed E-state index contributed by atoms with van der Waals surface area (Å²) in [5.41, 5.74) is 0.00570. The number of carboxylic acids is 1. The summed E-state index contributed by atoms with van der Waals surface area (Å²) in [6.45, 7) is 2.69. The second kappa shape index (κ2) is 5.43. The van der Waals surface area contributed by atoms with E-state index in [0.717, 1.165) is 0 Å². The fraction of sp³-hybridized carbons (Fsp3) is 0.231. The van der Waals surface area contributed by atoms with Crippen molar-refractivity contribution in [1.29, 1.82) is 0 Å². The zero-order valence-corrected chi connectivity index (χ0v) is 10.4. The van der Waals surface area contributed by atoms with E-state index in [4.69, 9.17) is 14.9 Å². The molecule has 2 aromatic rings. The highest BCUT2D eigenvalue weighted by Crippen LogP contribution is 2.17. The third kappa shape index (κ3) is 3.04. The van der Waals surface area contributed by atoms with Crippen LogP contribution in [0.15, 0.2) is 30.5 Å². The molecule has 6 heteroatoms. The molecule has 2 rings (SSSR count). The Labute approximate surface area is 109 Å². The topological polar surface area (TPSA) is 84.6 Å². The standard InChI is InChI=1S/C13H14N2O4/c1-2-15-7-11(13(17)18)14-12(15)8-19-10-5-3-9(16)4-6-10/h3-7,16H,2,8H2,1H3,(H,17,18). The van der Waals surface area contributed by atoms with Gasteiger partial charge in [-0.25, -0.2) is 9.78 Å². The van der Waals surface area contributed by atoms with Crippen molar-refractivity contribution in [2.45, 2.75) is 20.1 Å². The smallest absolute Gasteiger partial charge is 0.356 e. The average Bonchev–Trinajstić information content (AvgIpc) is 2.81. The zero-order valence-electron chi connectivity index (χ0n) is 10.4. The van der Waals surface area contributed by atoms with Gasteiger partial charge in [0, 0.05) is 12.7 Å². The second-order valence-corrected chi connectivity index (χ2v) is 3.92. The summed E-state index contributed by atoms with van der Waals surface area (Å²) in [5.74, 6) is 0.238. The summed E-state index contributed by atoms with van der Waals surface area (Å²) in [7, 11) is 0. The summed E-state index contributed by atoms with van der Waals surface area (Å²) in [5, 5.41) is 18.0. The summed E-state index contributed by atoms with van der Waals surface area (Å²) in [4.78, 5) is 14.9. The maximum absolute atomic E-state index is 10.8. The van der Waals surface area contributed by atoms with Gasteiger partial charge in [-0.05, 0) is 31.2 Å². The Morgan fingerprint density at radius 2 is 2.05 bits per heavy atom. The maximum Gasteiger partial charge on any atom is 0.356 e. The number of imidazole rings is 1. The molecule has 0 spiro atoms. The Morgan fingerprint density at radius 1 is 1.37 bits per heavy atom. The van der Waals surface area contributed by atoms with Crippen LogP contribution in [-0.2, 0) is 13.2 Å². The summed E-state index contributed by atoms with van der Waals surface area (Å²) in [6, 6.07) is 6.30. The molecule has 1 heterocycles. The van der Waals surface area contributed by atoms with Gasteiger partial charge in [0.1, 0.15) is 23.9 Å². The molecule has 0 amide bonds. The maximum atomic E-state index is 10.8. The molecule has 0 radical (unpaired) electrons. The SMILES string of the molecule is CCn1cc(C(=O)O)nc1COc1ccc(O)cc1. The number of aromatic hydroxyl groups is 1. The lowest BCUT2D eigenvalue weighted by Gasteiger charge is -2.07. The Morgan fingerprint density at radius 3 is 2.63 bits per heavy atom. The molecule has 0 aliphatic carbocycles. The van der Waals surface area contributed by atoms with Crippen LogP contribution >= 0.6 is 0 Å². The summed E-state index contributed by atoms with van der Waals surface area (Å²) in [6.07, 6.45) is 1.48. The van der Waals surface area contributed by atoms with Crippen LogP contribution in [0.25, 0.3) is 0 Å². The molecule has 0 aliphatic heterocycles. The van der Waals surface area contributed by atoms with Crippen LogP contribution in [0.1, 0.15) is 23.2 Å². The van der Waals surface area contributed by atoms with Gasteiger partial charge in [-0.1, -0.05) is 0 Å². The van der Waals surface area contributed by atoms with Gasteiger partial charge >= 0.3 is 5.97 Å². The number of aromatic carboxylic acids is 1. The molecule has 1 aromatic carbocycles. The number of hydrogen-bond acceptors (Lipinski definition) is 4. The molecule has 0 atom stereocenters. The van der Waals surface area contributed by atoms with Crippen molar-refractivity contribution in [3.63, 3.8) is 0 Å². The van der Waals surface area contributed by atoms with E-state index < -0.39 is 5.97 Å². The van der Waals surface area contributed by atoms with E-state index >= 15 is 0 Å². The first kappa shape index (κ1) is 12.9. The number of phenolic OH excluding ortho intramolecular Hbond substituents is 1. The number of aryl methyl sites for hydroxylation is 1. The van der Waals surface area contributed by atoms with Gasteiger partial charge < -0.3 is 19.5 Å². The Kier molecular flexibility index (Phi) is 3.70. The Balaban J connectivity index is 2.10. The molecule has 2 N–H and O–H groups in total. The van der Waals surface area contributed by atoms with E-state index in [-0.39, 0.29) is 18.1 Å². The van der Waals surface area contributed by atoms with Crippen LogP contribution in [0.5, 0.6) is 11.5 Å². The van der Waals surface area contributed by atoms with Crippen LogP contribution in [0.4, 0.5) is 0 Å². The van der Waals surface area contributed by atoms with Crippen LogP contribution in [0.2, 0.25) is 0 Å². The summed E-state index contributed by atoms with van der Waals surface area (Å²) >= 11 is 0. The highest BCUT2D eigenvalue weighted by Gasteiger charge is 2.12. The van der Waals surface area contributed by atoms with Crippen LogP contribution in [0, 0.1) is 0 Å².